The van der Waals surface area contributed by atoms with E-state index in [9.17, 15) is 14.4 Å². The lowest BCUT2D eigenvalue weighted by Crippen LogP contribution is -2.30. The fourth-order valence-corrected chi connectivity index (χ4v) is 9.58. The molecule has 0 aliphatic rings. The third-order valence-electron chi connectivity index (χ3n) is 14.5. The Hall–Kier alpha value is -3.15. The average molecular weight is 1060 g/mol. The third-order valence-corrected chi connectivity index (χ3v) is 14.5. The molecule has 440 valence electrons. The van der Waals surface area contributed by atoms with Gasteiger partial charge in [0.1, 0.15) is 13.2 Å². The van der Waals surface area contributed by atoms with Crippen molar-refractivity contribution in [2.75, 3.05) is 13.2 Å². The number of ether oxygens (including phenoxy) is 3. The van der Waals surface area contributed by atoms with Crippen LogP contribution in [0.15, 0.2) is 72.9 Å². The molecule has 76 heavy (non-hydrogen) atoms. The molecule has 0 radical (unpaired) electrons. The molecule has 0 rings (SSSR count). The molecule has 0 N–H and O–H groups in total. The predicted molar refractivity (Wildman–Crippen MR) is 330 cm³/mol. The van der Waals surface area contributed by atoms with Crippen LogP contribution in [0.4, 0.5) is 0 Å². The number of esters is 3. The summed E-state index contributed by atoms with van der Waals surface area (Å²) in [5.41, 5.74) is 0. The van der Waals surface area contributed by atoms with Gasteiger partial charge >= 0.3 is 17.9 Å². The van der Waals surface area contributed by atoms with Crippen LogP contribution in [-0.4, -0.2) is 37.2 Å². The second-order valence-electron chi connectivity index (χ2n) is 22.0. The van der Waals surface area contributed by atoms with Gasteiger partial charge in [-0.25, -0.2) is 0 Å². The van der Waals surface area contributed by atoms with Crippen LogP contribution in [0.2, 0.25) is 0 Å². The second kappa shape index (κ2) is 64.4. The van der Waals surface area contributed by atoms with Crippen LogP contribution >= 0.6 is 0 Å². The number of carbonyl (C=O) groups is 3. The summed E-state index contributed by atoms with van der Waals surface area (Å²) in [6.45, 7) is 6.46. The van der Waals surface area contributed by atoms with Crippen LogP contribution in [0, 0.1) is 0 Å². The molecule has 0 aliphatic heterocycles. The molecule has 0 fully saturated rings. The number of rotatable bonds is 60. The Balaban J connectivity index is 4.09. The van der Waals surface area contributed by atoms with Crippen molar-refractivity contribution in [1.29, 1.82) is 0 Å². The lowest BCUT2D eigenvalue weighted by atomic mass is 10.0. The van der Waals surface area contributed by atoms with Crippen molar-refractivity contribution < 1.29 is 28.6 Å². The van der Waals surface area contributed by atoms with Gasteiger partial charge in [0, 0.05) is 12.8 Å². The summed E-state index contributed by atoms with van der Waals surface area (Å²) in [6, 6.07) is 0. The lowest BCUT2D eigenvalue weighted by molar-refractivity contribution is -0.166. The molecule has 0 aliphatic carbocycles. The van der Waals surface area contributed by atoms with E-state index >= 15 is 0 Å². The van der Waals surface area contributed by atoms with Crippen LogP contribution in [0.1, 0.15) is 335 Å². The lowest BCUT2D eigenvalue weighted by Gasteiger charge is -2.18. The molecule has 0 bridgehead atoms. The van der Waals surface area contributed by atoms with E-state index in [1.807, 2.05) is 6.08 Å². The molecule has 0 spiro atoms. The second-order valence-corrected chi connectivity index (χ2v) is 22.0. The standard InChI is InChI=1S/C70H124O6/c1-4-7-10-13-16-19-22-24-26-27-28-29-30-31-32-33-34-35-36-37-38-39-40-41-42-43-45-46-48-51-54-57-60-63-69(72)75-66-67(65-74-68(71)62-59-56-53-50-21-18-15-12-9-6-3)76-70(73)64-61-58-55-52-49-47-44-25-23-20-17-14-11-8-5-2/h8,11,17,20,25,27-28,44,49,52,58,61,67H,4-7,9-10,12-16,18-19,21-24,26,29-43,45-48,50-51,53-57,59-60,62-66H2,1-3H3/b11-8-,20-17-,28-27-,44-25-,52-49-,61-58-. The average Bonchev–Trinajstić information content (AvgIpc) is 3.42. The van der Waals surface area contributed by atoms with Crippen LogP contribution in [0.3, 0.4) is 0 Å². The van der Waals surface area contributed by atoms with Gasteiger partial charge < -0.3 is 14.2 Å². The van der Waals surface area contributed by atoms with Crippen molar-refractivity contribution in [3.05, 3.63) is 72.9 Å². The van der Waals surface area contributed by atoms with Gasteiger partial charge in [-0.2, -0.15) is 0 Å². The monoisotopic (exact) mass is 1060 g/mol. The Morgan fingerprint density at radius 2 is 0.553 bits per heavy atom. The van der Waals surface area contributed by atoms with E-state index in [1.54, 1.807) is 6.08 Å². The molecule has 0 aromatic heterocycles. The van der Waals surface area contributed by atoms with E-state index in [0.717, 1.165) is 70.6 Å². The number of carbonyl (C=O) groups excluding carboxylic acids is 3. The quantitative estimate of drug-likeness (QED) is 0.0261. The Morgan fingerprint density at radius 1 is 0.289 bits per heavy atom. The molecule has 0 heterocycles. The Morgan fingerprint density at radius 3 is 0.855 bits per heavy atom. The fraction of sp³-hybridized carbons (Fsp3) is 0.786. The summed E-state index contributed by atoms with van der Waals surface area (Å²) in [5, 5.41) is 0. The van der Waals surface area contributed by atoms with Gasteiger partial charge in [-0.15, -0.1) is 0 Å². The van der Waals surface area contributed by atoms with Gasteiger partial charge in [0.2, 0.25) is 0 Å². The van der Waals surface area contributed by atoms with E-state index < -0.39 is 12.1 Å². The van der Waals surface area contributed by atoms with Gasteiger partial charge in [0.25, 0.3) is 0 Å². The van der Waals surface area contributed by atoms with Crippen molar-refractivity contribution in [2.45, 2.75) is 341 Å². The summed E-state index contributed by atoms with van der Waals surface area (Å²) in [4.78, 5) is 38.1. The van der Waals surface area contributed by atoms with Gasteiger partial charge in [-0.1, -0.05) is 318 Å². The minimum Gasteiger partial charge on any atom is -0.462 e. The van der Waals surface area contributed by atoms with Crippen LogP contribution in [0.25, 0.3) is 0 Å². The molecule has 0 aromatic rings. The maximum atomic E-state index is 12.8. The molecule has 1 unspecified atom stereocenters. The first-order chi connectivity index (χ1) is 37.5. The van der Waals surface area contributed by atoms with Crippen LogP contribution in [0.5, 0.6) is 0 Å². The number of hydrogen-bond donors (Lipinski definition) is 0. The van der Waals surface area contributed by atoms with Gasteiger partial charge in [0.15, 0.2) is 6.10 Å². The molecular formula is C70H124O6. The van der Waals surface area contributed by atoms with E-state index in [4.69, 9.17) is 14.2 Å². The first-order valence-corrected chi connectivity index (χ1v) is 32.9. The third kappa shape index (κ3) is 61.7. The van der Waals surface area contributed by atoms with Gasteiger partial charge in [0.05, 0.1) is 6.42 Å². The Bertz CT molecular complexity index is 1400. The molecular weight excluding hydrogens is 937 g/mol. The van der Waals surface area contributed by atoms with E-state index in [2.05, 4.69) is 81.5 Å². The minimum atomic E-state index is -0.826. The number of allylic oxidation sites excluding steroid dienone is 11. The topological polar surface area (TPSA) is 78.9 Å². The predicted octanol–water partition coefficient (Wildman–Crippen LogP) is 22.5. The fourth-order valence-electron chi connectivity index (χ4n) is 9.58. The first-order valence-electron chi connectivity index (χ1n) is 32.9. The van der Waals surface area contributed by atoms with Crippen molar-refractivity contribution in [3.63, 3.8) is 0 Å². The first kappa shape index (κ1) is 72.8. The summed E-state index contributed by atoms with van der Waals surface area (Å²) in [7, 11) is 0. The number of unbranched alkanes of at least 4 members (excludes halogenated alkanes) is 38. The maximum Gasteiger partial charge on any atom is 0.310 e. The number of hydrogen-bond acceptors (Lipinski definition) is 6. The molecule has 0 saturated carbocycles. The van der Waals surface area contributed by atoms with Crippen molar-refractivity contribution >= 4 is 17.9 Å². The molecule has 0 amide bonds. The summed E-state index contributed by atoms with van der Waals surface area (Å²) in [5.74, 6) is -1.03. The van der Waals surface area contributed by atoms with Crippen LogP contribution in [-0.2, 0) is 28.6 Å². The zero-order valence-corrected chi connectivity index (χ0v) is 50.5. The highest BCUT2D eigenvalue weighted by Crippen LogP contribution is 2.17. The normalized spacial score (nSPS) is 12.5. The Labute approximate surface area is 472 Å². The van der Waals surface area contributed by atoms with Crippen molar-refractivity contribution in [1.82, 2.24) is 0 Å². The van der Waals surface area contributed by atoms with Crippen molar-refractivity contribution in [3.8, 4) is 0 Å². The minimum absolute atomic E-state index is 0.100. The summed E-state index contributed by atoms with van der Waals surface area (Å²) >= 11 is 0. The smallest absolute Gasteiger partial charge is 0.310 e. The molecule has 6 heteroatoms. The van der Waals surface area contributed by atoms with Gasteiger partial charge in [-0.3, -0.25) is 14.4 Å². The van der Waals surface area contributed by atoms with E-state index in [-0.39, 0.29) is 31.6 Å². The molecule has 1 atom stereocenters. The molecule has 0 aromatic carbocycles. The van der Waals surface area contributed by atoms with E-state index in [0.29, 0.717) is 12.8 Å². The van der Waals surface area contributed by atoms with Gasteiger partial charge in [-0.05, 0) is 70.6 Å². The summed E-state index contributed by atoms with van der Waals surface area (Å²) in [6.07, 6.45) is 84.1. The SMILES string of the molecule is CC/C=C\C/C=C\C/C=C\C/C=C\C/C=C\CC(=O)OC(COC(=O)CCCCCCCCCCCC)COC(=O)CCCCCCCCCCCCCCCCCCCCCCC/C=C\CCCCCCCCCC. The van der Waals surface area contributed by atoms with Crippen molar-refractivity contribution in [2.24, 2.45) is 0 Å². The maximum absolute atomic E-state index is 12.8. The van der Waals surface area contributed by atoms with E-state index in [1.165, 1.54) is 225 Å². The zero-order chi connectivity index (χ0) is 55.0. The molecule has 0 saturated heterocycles. The highest BCUT2D eigenvalue weighted by atomic mass is 16.6. The molecule has 6 nitrogen and oxygen atoms in total. The largest absolute Gasteiger partial charge is 0.462 e. The highest BCUT2D eigenvalue weighted by molar-refractivity contribution is 5.72. The Kier molecular flexibility index (Phi) is 61.7. The van der Waals surface area contributed by atoms with Crippen LogP contribution < -0.4 is 0 Å². The zero-order valence-electron chi connectivity index (χ0n) is 50.5. The highest BCUT2D eigenvalue weighted by Gasteiger charge is 2.19. The summed E-state index contributed by atoms with van der Waals surface area (Å²) < 4.78 is 16.8.